The zero-order chi connectivity index (χ0) is 16.4. The van der Waals surface area contributed by atoms with Crippen molar-refractivity contribution in [1.29, 1.82) is 0 Å². The number of aromatic nitrogens is 1. The molecule has 2 heterocycles. The van der Waals surface area contributed by atoms with Crippen molar-refractivity contribution in [2.75, 3.05) is 19.6 Å². The minimum absolute atomic E-state index is 0.108. The summed E-state index contributed by atoms with van der Waals surface area (Å²) < 4.78 is 0. The topological polar surface area (TPSA) is 28.2 Å². The van der Waals surface area contributed by atoms with Crippen molar-refractivity contribution in [3.8, 4) is 0 Å². The molecule has 2 aliphatic rings. The van der Waals surface area contributed by atoms with E-state index in [1.54, 1.807) is 4.88 Å². The fraction of sp³-hybridized carbons (Fsp3) is 0.550. The van der Waals surface area contributed by atoms with E-state index in [0.717, 1.165) is 26.2 Å². The summed E-state index contributed by atoms with van der Waals surface area (Å²) in [6, 6.07) is 10.8. The number of rotatable bonds is 5. The maximum absolute atomic E-state index is 5.05. The maximum atomic E-state index is 5.05. The van der Waals surface area contributed by atoms with Gasteiger partial charge in [0.05, 0.1) is 11.2 Å². The number of hydrogen-bond donors (Lipinski definition) is 1. The van der Waals surface area contributed by atoms with Crippen LogP contribution < -0.4 is 5.32 Å². The quantitative estimate of drug-likeness (QED) is 0.898. The average molecular weight is 342 g/mol. The number of thiazole rings is 1. The summed E-state index contributed by atoms with van der Waals surface area (Å²) in [6.45, 7) is 6.60. The lowest BCUT2D eigenvalue weighted by atomic mass is 9.87. The van der Waals surface area contributed by atoms with Crippen molar-refractivity contribution >= 4 is 11.3 Å². The first kappa shape index (κ1) is 16.2. The zero-order valence-electron chi connectivity index (χ0n) is 14.6. The molecule has 1 aliphatic carbocycles. The largest absolute Gasteiger partial charge is 0.306 e. The minimum Gasteiger partial charge on any atom is -0.306 e. The molecule has 1 aromatic heterocycles. The van der Waals surface area contributed by atoms with Gasteiger partial charge in [0.2, 0.25) is 0 Å². The molecule has 0 saturated carbocycles. The molecule has 1 aromatic carbocycles. The van der Waals surface area contributed by atoms with Gasteiger partial charge in [-0.25, -0.2) is 4.98 Å². The van der Waals surface area contributed by atoms with E-state index in [-0.39, 0.29) is 5.54 Å². The van der Waals surface area contributed by atoms with Gasteiger partial charge in [0, 0.05) is 24.5 Å². The molecule has 1 N–H and O–H groups in total. The molecule has 0 unspecified atom stereocenters. The van der Waals surface area contributed by atoms with Gasteiger partial charge in [-0.05, 0) is 44.2 Å². The number of hydrogen-bond acceptors (Lipinski definition) is 4. The van der Waals surface area contributed by atoms with Crippen LogP contribution in [0, 0.1) is 0 Å². The van der Waals surface area contributed by atoms with E-state index in [9.17, 15) is 0 Å². The molecule has 1 aliphatic heterocycles. The van der Waals surface area contributed by atoms with E-state index in [0.29, 0.717) is 0 Å². The summed E-state index contributed by atoms with van der Waals surface area (Å²) in [5, 5.41) is 5.16. The number of nitrogens with one attached hydrogen (secondary N) is 1. The number of aryl methyl sites for hydroxylation is 2. The van der Waals surface area contributed by atoms with E-state index in [4.69, 9.17) is 4.98 Å². The highest BCUT2D eigenvalue weighted by atomic mass is 32.1. The second-order valence-electron chi connectivity index (χ2n) is 7.12. The van der Waals surface area contributed by atoms with Crippen molar-refractivity contribution in [1.82, 2.24) is 15.2 Å². The Labute approximate surface area is 149 Å². The lowest BCUT2D eigenvalue weighted by Crippen LogP contribution is -2.50. The van der Waals surface area contributed by atoms with Gasteiger partial charge in [0.15, 0.2) is 0 Å². The van der Waals surface area contributed by atoms with E-state index < -0.39 is 0 Å². The summed E-state index contributed by atoms with van der Waals surface area (Å²) in [5.74, 6) is 0. The summed E-state index contributed by atoms with van der Waals surface area (Å²) in [7, 11) is 0. The third-order valence-electron chi connectivity index (χ3n) is 5.48. The molecular formula is C20H27N3S. The fourth-order valence-electron chi connectivity index (χ4n) is 4.13. The Morgan fingerprint density at radius 1 is 1.17 bits per heavy atom. The number of fused-ring (bicyclic) bond motifs is 1. The van der Waals surface area contributed by atoms with Gasteiger partial charge in [-0.1, -0.05) is 37.3 Å². The van der Waals surface area contributed by atoms with Gasteiger partial charge >= 0.3 is 0 Å². The van der Waals surface area contributed by atoms with Crippen LogP contribution in [0.4, 0.5) is 0 Å². The highest BCUT2D eigenvalue weighted by molar-refractivity contribution is 7.12. The third-order valence-corrected chi connectivity index (χ3v) is 6.84. The lowest BCUT2D eigenvalue weighted by molar-refractivity contribution is 0.129. The van der Waals surface area contributed by atoms with Gasteiger partial charge in [-0.2, -0.15) is 0 Å². The minimum atomic E-state index is 0.108. The molecule has 24 heavy (non-hydrogen) atoms. The van der Waals surface area contributed by atoms with Crippen LogP contribution in [0.25, 0.3) is 0 Å². The number of piperidine rings is 1. The molecular weight excluding hydrogens is 314 g/mol. The molecule has 2 aromatic rings. The Hall–Kier alpha value is -1.23. The molecule has 3 nitrogen and oxygen atoms in total. The number of nitrogens with zero attached hydrogens (tertiary/aromatic N) is 2. The molecule has 0 bridgehead atoms. The molecule has 0 amide bonds. The summed E-state index contributed by atoms with van der Waals surface area (Å²) in [4.78, 5) is 9.19. The predicted octanol–water partition coefficient (Wildman–Crippen LogP) is 3.73. The number of benzene rings is 1. The summed E-state index contributed by atoms with van der Waals surface area (Å²) in [6.07, 6.45) is 6.07. The monoisotopic (exact) mass is 341 g/mol. The number of likely N-dealkylation sites (tertiary alicyclic amines) is 1. The molecule has 4 heteroatoms. The summed E-state index contributed by atoms with van der Waals surface area (Å²) >= 11 is 1.98. The Kier molecular flexibility index (Phi) is 4.70. The van der Waals surface area contributed by atoms with Crippen molar-refractivity contribution < 1.29 is 0 Å². The smallest absolute Gasteiger partial charge is 0.113 e. The Morgan fingerprint density at radius 2 is 1.96 bits per heavy atom. The zero-order valence-corrected chi connectivity index (χ0v) is 15.4. The maximum Gasteiger partial charge on any atom is 0.113 e. The van der Waals surface area contributed by atoms with Crippen LogP contribution >= 0.6 is 11.3 Å². The van der Waals surface area contributed by atoms with Crippen LogP contribution in [0.15, 0.2) is 30.3 Å². The van der Waals surface area contributed by atoms with Gasteiger partial charge < -0.3 is 5.32 Å². The first-order valence-corrected chi connectivity index (χ1v) is 10.1. The van der Waals surface area contributed by atoms with E-state index in [1.165, 1.54) is 48.4 Å². The lowest BCUT2D eigenvalue weighted by Gasteiger charge is -2.41. The van der Waals surface area contributed by atoms with Gasteiger partial charge in [0.25, 0.3) is 0 Å². The second-order valence-corrected chi connectivity index (χ2v) is 8.20. The molecule has 1 saturated heterocycles. The van der Waals surface area contributed by atoms with E-state index in [2.05, 4.69) is 47.5 Å². The molecule has 0 radical (unpaired) electrons. The Balaban J connectivity index is 1.47. The Morgan fingerprint density at radius 3 is 2.67 bits per heavy atom. The second kappa shape index (κ2) is 6.95. The summed E-state index contributed by atoms with van der Waals surface area (Å²) in [5.41, 5.74) is 2.91. The SMILES string of the molecule is CCNC1(c2nc3c(s2)CCC3)CCN(Cc2ccccc2)CC1. The first-order chi connectivity index (χ1) is 11.8. The molecule has 4 rings (SSSR count). The standard InChI is InChI=1S/C20H27N3S/c1-2-21-20(19-22-17-9-6-10-18(17)24-19)11-13-23(14-12-20)15-16-7-4-3-5-8-16/h3-5,7-8,21H,2,6,9-15H2,1H3. The van der Waals surface area contributed by atoms with Crippen LogP contribution in [0.1, 0.15) is 47.3 Å². The predicted molar refractivity (Wildman–Crippen MR) is 100 cm³/mol. The first-order valence-electron chi connectivity index (χ1n) is 9.29. The molecule has 0 atom stereocenters. The van der Waals surface area contributed by atoms with Crippen LogP contribution in [-0.4, -0.2) is 29.5 Å². The highest BCUT2D eigenvalue weighted by Gasteiger charge is 2.39. The fourth-order valence-corrected chi connectivity index (χ4v) is 5.51. The van der Waals surface area contributed by atoms with Crippen molar-refractivity contribution in [2.45, 2.75) is 51.1 Å². The van der Waals surface area contributed by atoms with Gasteiger partial charge in [-0.3, -0.25) is 4.90 Å². The Bertz CT molecular complexity index is 650. The molecule has 128 valence electrons. The van der Waals surface area contributed by atoms with Crippen molar-refractivity contribution in [2.24, 2.45) is 0 Å². The van der Waals surface area contributed by atoms with E-state index >= 15 is 0 Å². The highest BCUT2D eigenvalue weighted by Crippen LogP contribution is 2.39. The van der Waals surface area contributed by atoms with Gasteiger partial charge in [-0.15, -0.1) is 11.3 Å². The van der Waals surface area contributed by atoms with E-state index in [1.807, 2.05) is 11.3 Å². The normalized spacial score (nSPS) is 20.2. The van der Waals surface area contributed by atoms with Crippen LogP contribution in [0.5, 0.6) is 0 Å². The van der Waals surface area contributed by atoms with Crippen LogP contribution in [0.2, 0.25) is 0 Å². The molecule has 0 spiro atoms. The average Bonchev–Trinajstić information content (AvgIpc) is 3.20. The van der Waals surface area contributed by atoms with Crippen LogP contribution in [0.3, 0.4) is 0 Å². The van der Waals surface area contributed by atoms with Crippen molar-refractivity contribution in [3.63, 3.8) is 0 Å². The van der Waals surface area contributed by atoms with Gasteiger partial charge in [0.1, 0.15) is 5.01 Å². The van der Waals surface area contributed by atoms with Crippen molar-refractivity contribution in [3.05, 3.63) is 51.5 Å². The third kappa shape index (κ3) is 3.15. The van der Waals surface area contributed by atoms with Crippen LogP contribution in [-0.2, 0) is 24.9 Å². The molecule has 1 fully saturated rings.